The van der Waals surface area contributed by atoms with Gasteiger partial charge in [0.1, 0.15) is 6.54 Å². The number of nitrogens with one attached hydrogen (secondary N) is 2. The molecule has 0 aliphatic heterocycles. The third kappa shape index (κ3) is 6.60. The molecule has 1 saturated carbocycles. The van der Waals surface area contributed by atoms with Crippen LogP contribution in [0.1, 0.15) is 29.5 Å². The minimum Gasteiger partial charge on any atom is -0.361 e. The maximum absolute atomic E-state index is 13.6. The van der Waals surface area contributed by atoms with Crippen LogP contribution < -0.4 is 5.32 Å². The summed E-state index contributed by atoms with van der Waals surface area (Å²) < 4.78 is 39.2. The maximum Gasteiger partial charge on any atom is 0.416 e. The minimum atomic E-state index is -4.43. The van der Waals surface area contributed by atoms with Crippen molar-refractivity contribution in [3.8, 4) is 0 Å². The van der Waals surface area contributed by atoms with Crippen LogP contribution in [0.15, 0.2) is 85.1 Å². The van der Waals surface area contributed by atoms with Gasteiger partial charge in [-0.2, -0.15) is 13.2 Å². The highest BCUT2D eigenvalue weighted by atomic mass is 19.4. The molecule has 3 amide bonds. The first-order chi connectivity index (χ1) is 18.8. The van der Waals surface area contributed by atoms with Crippen LogP contribution in [0.5, 0.6) is 0 Å². The molecule has 0 spiro atoms. The SMILES string of the molecule is O=C(CN(C(=O)Nc1ccccc1)C1CC1)N(CCc1c[nH]c2ccccc12)Cc1ccc(C(F)(F)F)cc1. The first-order valence-electron chi connectivity index (χ1n) is 12.9. The van der Waals surface area contributed by atoms with Gasteiger partial charge in [0.15, 0.2) is 0 Å². The summed E-state index contributed by atoms with van der Waals surface area (Å²) in [7, 11) is 0. The number of carbonyl (C=O) groups is 2. The number of halogens is 3. The number of para-hydroxylation sites is 2. The number of carbonyl (C=O) groups excluding carboxylic acids is 2. The first kappa shape index (κ1) is 26.3. The molecule has 0 bridgehead atoms. The van der Waals surface area contributed by atoms with E-state index in [0.717, 1.165) is 41.4 Å². The number of anilines is 1. The lowest BCUT2D eigenvalue weighted by Crippen LogP contribution is -2.45. The highest BCUT2D eigenvalue weighted by Gasteiger charge is 2.35. The van der Waals surface area contributed by atoms with Crippen molar-refractivity contribution in [1.82, 2.24) is 14.8 Å². The molecule has 9 heteroatoms. The van der Waals surface area contributed by atoms with E-state index in [9.17, 15) is 22.8 Å². The van der Waals surface area contributed by atoms with Crippen molar-refractivity contribution in [1.29, 1.82) is 0 Å². The van der Waals surface area contributed by atoms with Crippen LogP contribution >= 0.6 is 0 Å². The second kappa shape index (κ2) is 11.2. The summed E-state index contributed by atoms with van der Waals surface area (Å²) in [4.78, 5) is 33.1. The molecule has 0 radical (unpaired) electrons. The number of hydrogen-bond acceptors (Lipinski definition) is 2. The lowest BCUT2D eigenvalue weighted by Gasteiger charge is -2.28. The van der Waals surface area contributed by atoms with E-state index in [-0.39, 0.29) is 31.1 Å². The fourth-order valence-corrected chi connectivity index (χ4v) is 4.62. The van der Waals surface area contributed by atoms with Gasteiger partial charge in [-0.15, -0.1) is 0 Å². The Kier molecular flexibility index (Phi) is 7.58. The molecule has 0 unspecified atom stereocenters. The molecular formula is C30H29F3N4O2. The van der Waals surface area contributed by atoms with Gasteiger partial charge < -0.3 is 20.1 Å². The second-order valence-electron chi connectivity index (χ2n) is 9.77. The molecule has 3 aromatic carbocycles. The summed E-state index contributed by atoms with van der Waals surface area (Å²) >= 11 is 0. The van der Waals surface area contributed by atoms with Crippen molar-refractivity contribution in [2.75, 3.05) is 18.4 Å². The third-order valence-electron chi connectivity index (χ3n) is 6.91. The van der Waals surface area contributed by atoms with Crippen molar-refractivity contribution >= 4 is 28.5 Å². The summed E-state index contributed by atoms with van der Waals surface area (Å²) in [6, 6.07) is 21.4. The third-order valence-corrected chi connectivity index (χ3v) is 6.91. The van der Waals surface area contributed by atoms with E-state index >= 15 is 0 Å². The van der Waals surface area contributed by atoms with Crippen LogP contribution in [-0.4, -0.2) is 45.9 Å². The van der Waals surface area contributed by atoms with Gasteiger partial charge in [0.2, 0.25) is 5.91 Å². The van der Waals surface area contributed by atoms with Gasteiger partial charge in [0.25, 0.3) is 0 Å². The van der Waals surface area contributed by atoms with Crippen molar-refractivity contribution in [3.05, 3.63) is 102 Å². The standard InChI is InChI=1S/C30H29F3N4O2/c31-30(32,33)23-12-10-21(11-13-23)19-36(17-16-22-18-34-27-9-5-4-8-26(22)27)28(38)20-37(25-14-15-25)29(39)35-24-6-2-1-3-7-24/h1-13,18,25,34H,14-17,19-20H2,(H,35,39). The van der Waals surface area contributed by atoms with Gasteiger partial charge in [-0.1, -0.05) is 48.5 Å². The minimum absolute atomic E-state index is 0.0146. The van der Waals surface area contributed by atoms with Gasteiger partial charge in [-0.25, -0.2) is 4.79 Å². The summed E-state index contributed by atoms with van der Waals surface area (Å²) in [5, 5.41) is 3.91. The zero-order valence-corrected chi connectivity index (χ0v) is 21.2. The Bertz CT molecular complexity index is 1430. The molecule has 202 valence electrons. The lowest BCUT2D eigenvalue weighted by atomic mass is 10.1. The van der Waals surface area contributed by atoms with Gasteiger partial charge in [-0.3, -0.25) is 4.79 Å². The number of amides is 3. The second-order valence-corrected chi connectivity index (χ2v) is 9.77. The molecule has 5 rings (SSSR count). The normalized spacial score (nSPS) is 13.3. The van der Waals surface area contributed by atoms with Gasteiger partial charge in [-0.05, 0) is 60.7 Å². The predicted octanol–water partition coefficient (Wildman–Crippen LogP) is 6.45. The number of alkyl halides is 3. The van der Waals surface area contributed by atoms with E-state index in [1.54, 1.807) is 21.9 Å². The summed E-state index contributed by atoms with van der Waals surface area (Å²) in [5.74, 6) is -0.259. The van der Waals surface area contributed by atoms with Crippen LogP contribution in [0.4, 0.5) is 23.7 Å². The fraction of sp³-hybridized carbons (Fsp3) is 0.267. The van der Waals surface area contributed by atoms with Crippen molar-refractivity contribution in [2.24, 2.45) is 0 Å². The first-order valence-corrected chi connectivity index (χ1v) is 12.9. The molecule has 1 aromatic heterocycles. The zero-order chi connectivity index (χ0) is 27.4. The number of urea groups is 1. The molecular weight excluding hydrogens is 505 g/mol. The van der Waals surface area contributed by atoms with Crippen LogP contribution in [0.2, 0.25) is 0 Å². The monoisotopic (exact) mass is 534 g/mol. The number of fused-ring (bicyclic) bond motifs is 1. The number of hydrogen-bond donors (Lipinski definition) is 2. The van der Waals surface area contributed by atoms with Crippen molar-refractivity contribution in [3.63, 3.8) is 0 Å². The quantitative estimate of drug-likeness (QED) is 0.259. The average molecular weight is 535 g/mol. The van der Waals surface area contributed by atoms with E-state index in [1.165, 1.54) is 12.1 Å². The molecule has 1 aliphatic carbocycles. The number of rotatable bonds is 9. The number of aromatic amines is 1. The molecule has 1 aliphatic rings. The Morgan fingerprint density at radius 3 is 2.31 bits per heavy atom. The number of aromatic nitrogens is 1. The van der Waals surface area contributed by atoms with E-state index in [4.69, 9.17) is 0 Å². The number of benzene rings is 3. The van der Waals surface area contributed by atoms with Crippen LogP contribution in [0, 0.1) is 0 Å². The van der Waals surface area contributed by atoms with E-state index in [1.807, 2.05) is 48.7 Å². The summed E-state index contributed by atoms with van der Waals surface area (Å²) in [6.45, 7) is 0.372. The van der Waals surface area contributed by atoms with Crippen LogP contribution in [-0.2, 0) is 23.9 Å². The zero-order valence-electron chi connectivity index (χ0n) is 21.2. The Morgan fingerprint density at radius 2 is 1.62 bits per heavy atom. The molecule has 1 heterocycles. The van der Waals surface area contributed by atoms with E-state index < -0.39 is 11.7 Å². The molecule has 0 saturated heterocycles. The fourth-order valence-electron chi connectivity index (χ4n) is 4.62. The Morgan fingerprint density at radius 1 is 0.923 bits per heavy atom. The summed E-state index contributed by atoms with van der Waals surface area (Å²) in [6.07, 6.45) is -0.320. The van der Waals surface area contributed by atoms with Crippen LogP contribution in [0.25, 0.3) is 10.9 Å². The van der Waals surface area contributed by atoms with Gasteiger partial charge in [0, 0.05) is 41.9 Å². The molecule has 0 atom stereocenters. The topological polar surface area (TPSA) is 68.4 Å². The molecule has 2 N–H and O–H groups in total. The van der Waals surface area contributed by atoms with Gasteiger partial charge in [0.05, 0.1) is 5.56 Å². The Labute approximate surface area is 224 Å². The highest BCUT2D eigenvalue weighted by molar-refractivity contribution is 5.93. The Hall–Kier alpha value is -4.27. The Balaban J connectivity index is 1.33. The predicted molar refractivity (Wildman–Crippen MR) is 144 cm³/mol. The van der Waals surface area contributed by atoms with Crippen molar-refractivity contribution < 1.29 is 22.8 Å². The largest absolute Gasteiger partial charge is 0.416 e. The highest BCUT2D eigenvalue weighted by Crippen LogP contribution is 2.30. The molecule has 1 fully saturated rings. The van der Waals surface area contributed by atoms with E-state index in [0.29, 0.717) is 24.2 Å². The average Bonchev–Trinajstić information content (AvgIpc) is 3.69. The lowest BCUT2D eigenvalue weighted by molar-refractivity contribution is -0.137. The van der Waals surface area contributed by atoms with Gasteiger partial charge >= 0.3 is 12.2 Å². The molecule has 6 nitrogen and oxygen atoms in total. The van der Waals surface area contributed by atoms with Crippen molar-refractivity contribution in [2.45, 2.75) is 38.0 Å². The smallest absolute Gasteiger partial charge is 0.361 e. The summed E-state index contributed by atoms with van der Waals surface area (Å²) in [5.41, 5.74) is 2.52. The molecule has 39 heavy (non-hydrogen) atoms. The molecule has 4 aromatic rings. The maximum atomic E-state index is 13.6. The number of H-pyrrole nitrogens is 1. The van der Waals surface area contributed by atoms with E-state index in [2.05, 4.69) is 10.3 Å². The van der Waals surface area contributed by atoms with Crippen LogP contribution in [0.3, 0.4) is 0 Å². The number of nitrogens with zero attached hydrogens (tertiary/aromatic N) is 2.